The number of nitrogens with zero attached hydrogens (tertiary/aromatic N) is 5. The molecule has 0 aromatic carbocycles. The lowest BCUT2D eigenvalue weighted by Crippen LogP contribution is -2.34. The second kappa shape index (κ2) is 7.55. The molecule has 1 aliphatic heterocycles. The van der Waals surface area contributed by atoms with Gasteiger partial charge in [-0.3, -0.25) is 4.79 Å². The van der Waals surface area contributed by atoms with Gasteiger partial charge in [0, 0.05) is 43.0 Å². The molecule has 1 saturated heterocycles. The molecule has 7 nitrogen and oxygen atoms in total. The molecule has 0 unspecified atom stereocenters. The maximum Gasteiger partial charge on any atom is 0.303 e. The normalized spacial score (nSPS) is 15.4. The van der Waals surface area contributed by atoms with Gasteiger partial charge in [-0.05, 0) is 38.8 Å². The monoisotopic (exact) mass is 341 g/mol. The lowest BCUT2D eigenvalue weighted by atomic mass is 9.92. The Balaban J connectivity index is 1.67. The van der Waals surface area contributed by atoms with E-state index < -0.39 is 5.97 Å². The third kappa shape index (κ3) is 4.49. The molecule has 132 valence electrons. The van der Waals surface area contributed by atoms with Gasteiger partial charge in [0.1, 0.15) is 17.5 Å². The Kier molecular flexibility index (Phi) is 5.21. The molecule has 1 aliphatic rings. The molecule has 0 bridgehead atoms. The average Bonchev–Trinajstić information content (AvgIpc) is 2.60. The van der Waals surface area contributed by atoms with Crippen molar-refractivity contribution in [3.63, 3.8) is 0 Å². The van der Waals surface area contributed by atoms with E-state index in [-0.39, 0.29) is 6.42 Å². The van der Waals surface area contributed by atoms with Crippen LogP contribution in [0.2, 0.25) is 0 Å². The molecular formula is C18H23N5O2. The summed E-state index contributed by atoms with van der Waals surface area (Å²) >= 11 is 0. The number of aromatic nitrogens is 4. The van der Waals surface area contributed by atoms with Crippen LogP contribution in [0.3, 0.4) is 0 Å². The fourth-order valence-corrected chi connectivity index (χ4v) is 3.25. The predicted octanol–water partition coefficient (Wildman–Crippen LogP) is 2.28. The standard InChI is InChI=1S/C18H23N5O2/c1-12-19-8-5-17(22-12)23-9-6-14(7-10-23)16-11-15(3-4-18(24)25)20-13(2)21-16/h5,8,11,14H,3-4,6-7,9-10H2,1-2H3,(H,24,25). The van der Waals surface area contributed by atoms with E-state index in [9.17, 15) is 4.79 Å². The number of aryl methyl sites for hydroxylation is 3. The molecule has 1 fully saturated rings. The summed E-state index contributed by atoms with van der Waals surface area (Å²) in [6.45, 7) is 5.62. The molecule has 0 saturated carbocycles. The summed E-state index contributed by atoms with van der Waals surface area (Å²) in [6, 6.07) is 3.93. The van der Waals surface area contributed by atoms with Crippen molar-refractivity contribution in [2.45, 2.75) is 45.4 Å². The van der Waals surface area contributed by atoms with Crippen LogP contribution in [0, 0.1) is 13.8 Å². The first-order valence-corrected chi connectivity index (χ1v) is 8.62. The zero-order valence-electron chi connectivity index (χ0n) is 14.6. The van der Waals surface area contributed by atoms with E-state index in [0.29, 0.717) is 18.2 Å². The minimum Gasteiger partial charge on any atom is -0.481 e. The molecule has 25 heavy (non-hydrogen) atoms. The lowest BCUT2D eigenvalue weighted by Gasteiger charge is -2.32. The molecule has 3 rings (SSSR count). The minimum atomic E-state index is -0.800. The van der Waals surface area contributed by atoms with Crippen LogP contribution in [0.4, 0.5) is 5.82 Å². The molecular weight excluding hydrogens is 318 g/mol. The Labute approximate surface area is 147 Å². The van der Waals surface area contributed by atoms with Gasteiger partial charge in [0.15, 0.2) is 0 Å². The van der Waals surface area contributed by atoms with Crippen LogP contribution in [0.5, 0.6) is 0 Å². The molecule has 0 amide bonds. The summed E-state index contributed by atoms with van der Waals surface area (Å²) in [5.41, 5.74) is 1.85. The van der Waals surface area contributed by atoms with Crippen LogP contribution >= 0.6 is 0 Å². The molecule has 3 heterocycles. The van der Waals surface area contributed by atoms with Crippen molar-refractivity contribution in [1.29, 1.82) is 0 Å². The summed E-state index contributed by atoms with van der Waals surface area (Å²) < 4.78 is 0. The first-order valence-electron chi connectivity index (χ1n) is 8.62. The van der Waals surface area contributed by atoms with Crippen LogP contribution < -0.4 is 4.90 Å². The number of hydrogen-bond acceptors (Lipinski definition) is 6. The maximum absolute atomic E-state index is 10.8. The van der Waals surface area contributed by atoms with Gasteiger partial charge in [-0.15, -0.1) is 0 Å². The number of hydrogen-bond donors (Lipinski definition) is 1. The maximum atomic E-state index is 10.8. The van der Waals surface area contributed by atoms with Gasteiger partial charge in [-0.25, -0.2) is 19.9 Å². The van der Waals surface area contributed by atoms with Crippen LogP contribution in [0.1, 0.15) is 48.2 Å². The summed E-state index contributed by atoms with van der Waals surface area (Å²) in [6.07, 6.45) is 4.34. The van der Waals surface area contributed by atoms with E-state index in [1.54, 1.807) is 6.20 Å². The third-order valence-corrected chi connectivity index (χ3v) is 4.50. The van der Waals surface area contributed by atoms with Crippen LogP contribution in [-0.2, 0) is 11.2 Å². The number of rotatable bonds is 5. The second-order valence-electron chi connectivity index (χ2n) is 6.45. The SMILES string of the molecule is Cc1nc(CCC(=O)O)cc(C2CCN(c3ccnc(C)n3)CC2)n1. The van der Waals surface area contributed by atoms with Crippen molar-refractivity contribution in [3.05, 3.63) is 41.4 Å². The third-order valence-electron chi connectivity index (χ3n) is 4.50. The minimum absolute atomic E-state index is 0.0986. The molecule has 2 aromatic rings. The first-order chi connectivity index (χ1) is 12.0. The fraction of sp³-hybridized carbons (Fsp3) is 0.500. The van der Waals surface area contributed by atoms with Gasteiger partial charge in [-0.2, -0.15) is 0 Å². The highest BCUT2D eigenvalue weighted by Crippen LogP contribution is 2.29. The van der Waals surface area contributed by atoms with Gasteiger partial charge < -0.3 is 10.0 Å². The van der Waals surface area contributed by atoms with Gasteiger partial charge in [0.2, 0.25) is 0 Å². The Hall–Kier alpha value is -2.57. The van der Waals surface area contributed by atoms with Crippen LogP contribution in [0.15, 0.2) is 18.3 Å². The Morgan fingerprint density at radius 3 is 2.64 bits per heavy atom. The smallest absolute Gasteiger partial charge is 0.303 e. The van der Waals surface area contributed by atoms with Crippen LogP contribution in [-0.4, -0.2) is 44.1 Å². The van der Waals surface area contributed by atoms with E-state index in [1.165, 1.54) is 0 Å². The van der Waals surface area contributed by atoms with Crippen molar-refractivity contribution >= 4 is 11.8 Å². The van der Waals surface area contributed by atoms with Gasteiger partial charge in [0.05, 0.1) is 6.42 Å². The Morgan fingerprint density at radius 1 is 1.20 bits per heavy atom. The molecule has 0 spiro atoms. The summed E-state index contributed by atoms with van der Waals surface area (Å²) in [4.78, 5) is 30.7. The Bertz CT molecular complexity index is 757. The van der Waals surface area contributed by atoms with Crippen molar-refractivity contribution < 1.29 is 9.90 Å². The summed E-state index contributed by atoms with van der Waals surface area (Å²) in [7, 11) is 0. The lowest BCUT2D eigenvalue weighted by molar-refractivity contribution is -0.136. The topological polar surface area (TPSA) is 92.1 Å². The average molecular weight is 341 g/mol. The number of anilines is 1. The van der Waals surface area contributed by atoms with Gasteiger partial charge >= 0.3 is 5.97 Å². The fourth-order valence-electron chi connectivity index (χ4n) is 3.25. The Morgan fingerprint density at radius 2 is 1.96 bits per heavy atom. The van der Waals surface area contributed by atoms with E-state index in [0.717, 1.165) is 49.0 Å². The second-order valence-corrected chi connectivity index (χ2v) is 6.45. The summed E-state index contributed by atoms with van der Waals surface area (Å²) in [5.74, 6) is 2.06. The van der Waals surface area contributed by atoms with Crippen molar-refractivity contribution in [1.82, 2.24) is 19.9 Å². The number of piperidine rings is 1. The largest absolute Gasteiger partial charge is 0.481 e. The van der Waals surface area contributed by atoms with E-state index in [1.807, 2.05) is 26.0 Å². The van der Waals surface area contributed by atoms with Gasteiger partial charge in [0.25, 0.3) is 0 Å². The van der Waals surface area contributed by atoms with Crippen molar-refractivity contribution in [2.24, 2.45) is 0 Å². The van der Waals surface area contributed by atoms with E-state index in [2.05, 4.69) is 24.8 Å². The number of carboxylic acids is 1. The highest BCUT2D eigenvalue weighted by molar-refractivity contribution is 5.66. The zero-order chi connectivity index (χ0) is 17.8. The number of carbonyl (C=O) groups is 1. The number of carboxylic acid groups (broad SMARTS) is 1. The van der Waals surface area contributed by atoms with Crippen molar-refractivity contribution in [3.8, 4) is 0 Å². The first kappa shape index (κ1) is 17.3. The predicted molar refractivity (Wildman–Crippen MR) is 93.7 cm³/mol. The number of aliphatic carboxylic acids is 1. The molecule has 7 heteroatoms. The molecule has 0 atom stereocenters. The van der Waals surface area contributed by atoms with Crippen molar-refractivity contribution in [2.75, 3.05) is 18.0 Å². The van der Waals surface area contributed by atoms with Crippen LogP contribution in [0.25, 0.3) is 0 Å². The van der Waals surface area contributed by atoms with Gasteiger partial charge in [-0.1, -0.05) is 0 Å². The molecule has 2 aromatic heterocycles. The van der Waals surface area contributed by atoms with E-state index >= 15 is 0 Å². The molecule has 0 radical (unpaired) electrons. The van der Waals surface area contributed by atoms with E-state index in [4.69, 9.17) is 5.11 Å². The summed E-state index contributed by atoms with van der Waals surface area (Å²) in [5, 5.41) is 8.86. The quantitative estimate of drug-likeness (QED) is 0.892. The zero-order valence-corrected chi connectivity index (χ0v) is 14.6. The molecule has 0 aliphatic carbocycles. The highest BCUT2D eigenvalue weighted by atomic mass is 16.4. The molecule has 1 N–H and O–H groups in total. The highest BCUT2D eigenvalue weighted by Gasteiger charge is 2.23.